The predicted molar refractivity (Wildman–Crippen MR) is 46.3 cm³/mol. The standard InChI is InChI=1S/C10H13/c1-5-10(4)8-6-7-9(2)3/h5,7H,1H2,2-4H3. The molecule has 0 amide bonds. The van der Waals surface area contributed by atoms with Crippen molar-refractivity contribution in [3.8, 4) is 11.8 Å². The Morgan fingerprint density at radius 1 is 1.30 bits per heavy atom. The molecule has 0 heteroatoms. The first-order valence-electron chi connectivity index (χ1n) is 3.27. The molecule has 0 nitrogen and oxygen atoms in total. The van der Waals surface area contributed by atoms with Crippen molar-refractivity contribution >= 4 is 0 Å². The van der Waals surface area contributed by atoms with E-state index in [1.54, 1.807) is 6.08 Å². The van der Waals surface area contributed by atoms with E-state index in [0.717, 1.165) is 5.57 Å². The Hall–Kier alpha value is -0.960. The Labute approximate surface area is 63.6 Å². The van der Waals surface area contributed by atoms with Gasteiger partial charge in [0.15, 0.2) is 0 Å². The lowest BCUT2D eigenvalue weighted by Gasteiger charge is -1.80. The predicted octanol–water partition coefficient (Wildman–Crippen LogP) is 2.74. The van der Waals surface area contributed by atoms with E-state index < -0.39 is 0 Å². The molecule has 0 bridgehead atoms. The molecule has 0 atom stereocenters. The third kappa shape index (κ3) is 5.18. The highest BCUT2D eigenvalue weighted by Crippen LogP contribution is 1.88. The first kappa shape index (κ1) is 9.04. The molecule has 0 aromatic rings. The SMILES string of the molecule is [CH2]C=C(C)C#CC=C(C)C. The van der Waals surface area contributed by atoms with E-state index >= 15 is 0 Å². The molecule has 0 rings (SSSR count). The summed E-state index contributed by atoms with van der Waals surface area (Å²) in [4.78, 5) is 0. The summed E-state index contributed by atoms with van der Waals surface area (Å²) in [5.41, 5.74) is 2.24. The van der Waals surface area contributed by atoms with Gasteiger partial charge in [-0.2, -0.15) is 0 Å². The average molecular weight is 133 g/mol. The van der Waals surface area contributed by atoms with Crippen LogP contribution >= 0.6 is 0 Å². The molecule has 0 aromatic heterocycles. The highest BCUT2D eigenvalue weighted by atomic mass is 13.8. The molecule has 10 heavy (non-hydrogen) atoms. The monoisotopic (exact) mass is 133 g/mol. The van der Waals surface area contributed by atoms with Crippen molar-refractivity contribution in [3.05, 3.63) is 30.2 Å². The Bertz CT molecular complexity index is 202. The van der Waals surface area contributed by atoms with Gasteiger partial charge in [0.2, 0.25) is 0 Å². The van der Waals surface area contributed by atoms with Gasteiger partial charge in [0.1, 0.15) is 0 Å². The van der Waals surface area contributed by atoms with Gasteiger partial charge in [-0.3, -0.25) is 0 Å². The van der Waals surface area contributed by atoms with E-state index in [1.165, 1.54) is 5.57 Å². The first-order chi connectivity index (χ1) is 4.66. The second-order valence-electron chi connectivity index (χ2n) is 2.38. The Kier molecular flexibility index (Phi) is 4.41. The van der Waals surface area contributed by atoms with E-state index in [4.69, 9.17) is 0 Å². The van der Waals surface area contributed by atoms with Crippen molar-refractivity contribution in [2.45, 2.75) is 20.8 Å². The molecule has 0 aliphatic carbocycles. The van der Waals surface area contributed by atoms with Crippen molar-refractivity contribution in [2.75, 3.05) is 0 Å². The second kappa shape index (κ2) is 4.88. The molecule has 0 heterocycles. The summed E-state index contributed by atoms with van der Waals surface area (Å²) in [5.74, 6) is 5.85. The highest BCUT2D eigenvalue weighted by molar-refractivity contribution is 5.32. The Morgan fingerprint density at radius 2 is 1.90 bits per heavy atom. The van der Waals surface area contributed by atoms with E-state index in [0.29, 0.717) is 0 Å². The van der Waals surface area contributed by atoms with Crippen molar-refractivity contribution in [1.82, 2.24) is 0 Å². The maximum Gasteiger partial charge on any atom is -0.00470 e. The fourth-order valence-electron chi connectivity index (χ4n) is 0.345. The normalized spacial score (nSPS) is 9.80. The second-order valence-corrected chi connectivity index (χ2v) is 2.38. The minimum atomic E-state index is 1.01. The molecule has 0 aromatic carbocycles. The molecular weight excluding hydrogens is 120 g/mol. The quantitative estimate of drug-likeness (QED) is 0.446. The van der Waals surface area contributed by atoms with Gasteiger partial charge in [-0.25, -0.2) is 0 Å². The fraction of sp³-hybridized carbons (Fsp3) is 0.300. The molecule has 0 spiro atoms. The van der Waals surface area contributed by atoms with Crippen molar-refractivity contribution in [2.24, 2.45) is 0 Å². The number of allylic oxidation sites excluding steroid dienone is 4. The molecule has 0 aliphatic heterocycles. The zero-order chi connectivity index (χ0) is 7.98. The lowest BCUT2D eigenvalue weighted by Crippen LogP contribution is -1.65. The van der Waals surface area contributed by atoms with E-state index in [2.05, 4.69) is 18.8 Å². The largest absolute Gasteiger partial charge is 0.0729 e. The smallest absolute Gasteiger partial charge is 0.00470 e. The lowest BCUT2D eigenvalue weighted by atomic mass is 10.3. The van der Waals surface area contributed by atoms with E-state index in [9.17, 15) is 0 Å². The van der Waals surface area contributed by atoms with Crippen molar-refractivity contribution in [1.29, 1.82) is 0 Å². The third-order valence-corrected chi connectivity index (χ3v) is 0.936. The van der Waals surface area contributed by atoms with Gasteiger partial charge in [-0.1, -0.05) is 23.5 Å². The van der Waals surface area contributed by atoms with Crippen molar-refractivity contribution < 1.29 is 0 Å². The molecule has 0 unspecified atom stereocenters. The van der Waals surface area contributed by atoms with Crippen molar-refractivity contribution in [3.63, 3.8) is 0 Å². The molecular formula is C10H13. The average Bonchev–Trinajstić information content (AvgIpc) is 1.87. The van der Waals surface area contributed by atoms with Crippen LogP contribution in [0.4, 0.5) is 0 Å². The molecule has 0 N–H and O–H groups in total. The number of rotatable bonds is 0. The van der Waals surface area contributed by atoms with Crippen LogP contribution < -0.4 is 0 Å². The summed E-state index contributed by atoms with van der Waals surface area (Å²) >= 11 is 0. The van der Waals surface area contributed by atoms with Gasteiger partial charge in [-0.15, -0.1) is 0 Å². The van der Waals surface area contributed by atoms with Crippen LogP contribution in [0.5, 0.6) is 0 Å². The van der Waals surface area contributed by atoms with Crippen LogP contribution in [-0.4, -0.2) is 0 Å². The summed E-state index contributed by atoms with van der Waals surface area (Å²) in [7, 11) is 0. The van der Waals surface area contributed by atoms with Crippen LogP contribution in [0.3, 0.4) is 0 Å². The molecule has 0 aliphatic rings. The van der Waals surface area contributed by atoms with Gasteiger partial charge >= 0.3 is 0 Å². The first-order valence-corrected chi connectivity index (χ1v) is 3.27. The van der Waals surface area contributed by atoms with Gasteiger partial charge in [-0.05, 0) is 39.3 Å². The van der Waals surface area contributed by atoms with Crippen LogP contribution in [0, 0.1) is 18.8 Å². The minimum absolute atomic E-state index is 1.01. The zero-order valence-corrected chi connectivity index (χ0v) is 6.86. The summed E-state index contributed by atoms with van der Waals surface area (Å²) in [5, 5.41) is 0. The minimum Gasteiger partial charge on any atom is -0.0729 e. The Morgan fingerprint density at radius 3 is 2.30 bits per heavy atom. The van der Waals surface area contributed by atoms with Gasteiger partial charge in [0, 0.05) is 0 Å². The summed E-state index contributed by atoms with van der Waals surface area (Å²) < 4.78 is 0. The number of hydrogen-bond donors (Lipinski definition) is 0. The van der Waals surface area contributed by atoms with Crippen LogP contribution in [0.25, 0.3) is 0 Å². The summed E-state index contributed by atoms with van der Waals surface area (Å²) in [6, 6.07) is 0. The molecule has 0 saturated carbocycles. The maximum absolute atomic E-state index is 3.60. The topological polar surface area (TPSA) is 0 Å². The van der Waals surface area contributed by atoms with Crippen LogP contribution in [0.15, 0.2) is 23.3 Å². The van der Waals surface area contributed by atoms with Crippen LogP contribution in [0.1, 0.15) is 20.8 Å². The van der Waals surface area contributed by atoms with Crippen LogP contribution in [-0.2, 0) is 0 Å². The van der Waals surface area contributed by atoms with E-state index in [-0.39, 0.29) is 0 Å². The molecule has 53 valence electrons. The van der Waals surface area contributed by atoms with Crippen LogP contribution in [0.2, 0.25) is 0 Å². The summed E-state index contributed by atoms with van der Waals surface area (Å²) in [6.45, 7) is 9.59. The molecule has 0 saturated heterocycles. The fourth-order valence-corrected chi connectivity index (χ4v) is 0.345. The Balaban J connectivity index is 4.07. The zero-order valence-electron chi connectivity index (χ0n) is 6.86. The molecule has 1 radical (unpaired) electrons. The van der Waals surface area contributed by atoms with Gasteiger partial charge in [0.25, 0.3) is 0 Å². The summed E-state index contributed by atoms with van der Waals surface area (Å²) in [6.07, 6.45) is 3.65. The lowest BCUT2D eigenvalue weighted by molar-refractivity contribution is 1.40. The molecule has 0 fully saturated rings. The van der Waals surface area contributed by atoms with Gasteiger partial charge < -0.3 is 0 Å². The van der Waals surface area contributed by atoms with E-state index in [1.807, 2.05) is 26.8 Å². The maximum atomic E-state index is 3.60. The third-order valence-electron chi connectivity index (χ3n) is 0.936. The van der Waals surface area contributed by atoms with Gasteiger partial charge in [0.05, 0.1) is 0 Å². The number of hydrogen-bond acceptors (Lipinski definition) is 0. The highest BCUT2D eigenvalue weighted by Gasteiger charge is 1.73.